The van der Waals surface area contributed by atoms with Gasteiger partial charge in [0.2, 0.25) is 0 Å². The second-order valence-electron chi connectivity index (χ2n) is 6.18. The first-order valence-corrected chi connectivity index (χ1v) is 8.67. The summed E-state index contributed by atoms with van der Waals surface area (Å²) in [6.45, 7) is 5.37. The number of esters is 1. The monoisotopic (exact) mass is 375 g/mol. The van der Waals surface area contributed by atoms with Gasteiger partial charge in [0, 0.05) is 10.7 Å². The van der Waals surface area contributed by atoms with Crippen molar-refractivity contribution in [2.24, 2.45) is 0 Å². The summed E-state index contributed by atoms with van der Waals surface area (Å²) >= 11 is 5.86. The van der Waals surface area contributed by atoms with E-state index < -0.39 is 11.9 Å². The van der Waals surface area contributed by atoms with E-state index in [-0.39, 0.29) is 13.2 Å². The van der Waals surface area contributed by atoms with Crippen LogP contribution < -0.4 is 10.1 Å². The van der Waals surface area contributed by atoms with Crippen molar-refractivity contribution in [2.75, 3.05) is 18.5 Å². The van der Waals surface area contributed by atoms with Crippen LogP contribution in [0.4, 0.5) is 5.69 Å². The number of rotatable bonds is 7. The molecule has 2 rings (SSSR count). The van der Waals surface area contributed by atoms with Crippen LogP contribution in [0.5, 0.6) is 5.75 Å². The molecule has 1 amide bonds. The van der Waals surface area contributed by atoms with Gasteiger partial charge in [0.05, 0.1) is 0 Å². The number of nitrogens with one attached hydrogen (secondary N) is 1. The maximum atomic E-state index is 11.9. The molecule has 2 aromatic rings. The molecule has 0 aliphatic carbocycles. The molecule has 0 heterocycles. The third kappa shape index (κ3) is 6.08. The maximum absolute atomic E-state index is 11.9. The zero-order chi connectivity index (χ0) is 19.1. The summed E-state index contributed by atoms with van der Waals surface area (Å²) in [4.78, 5) is 23.6. The number of ether oxygens (including phenoxy) is 2. The SMILES string of the molecule is Cc1cc(Cl)ccc1OCC(=O)OCC(=O)Nc1ccc(C(C)C)cc1. The average molecular weight is 376 g/mol. The molecule has 0 aliphatic heterocycles. The number of carbonyl (C=O) groups is 2. The minimum absolute atomic E-state index is 0.279. The van der Waals surface area contributed by atoms with Crippen LogP contribution in [0.15, 0.2) is 42.5 Å². The largest absolute Gasteiger partial charge is 0.482 e. The fourth-order valence-electron chi connectivity index (χ4n) is 2.25. The molecule has 0 saturated heterocycles. The normalized spacial score (nSPS) is 10.5. The lowest BCUT2D eigenvalue weighted by molar-refractivity contribution is -0.149. The Morgan fingerprint density at radius 3 is 2.38 bits per heavy atom. The zero-order valence-electron chi connectivity index (χ0n) is 15.0. The summed E-state index contributed by atoms with van der Waals surface area (Å²) in [5, 5.41) is 3.27. The number of hydrogen-bond acceptors (Lipinski definition) is 4. The Labute approximate surface area is 158 Å². The molecule has 0 unspecified atom stereocenters. The fourth-order valence-corrected chi connectivity index (χ4v) is 2.47. The highest BCUT2D eigenvalue weighted by Crippen LogP contribution is 2.21. The molecular weight excluding hydrogens is 354 g/mol. The molecule has 0 fully saturated rings. The third-order valence-electron chi connectivity index (χ3n) is 3.71. The topological polar surface area (TPSA) is 64.6 Å². The van der Waals surface area contributed by atoms with Crippen LogP contribution in [-0.2, 0) is 14.3 Å². The molecule has 0 spiro atoms. The summed E-state index contributed by atoms with van der Waals surface area (Å²) < 4.78 is 10.3. The van der Waals surface area contributed by atoms with E-state index in [0.717, 1.165) is 5.56 Å². The van der Waals surface area contributed by atoms with Gasteiger partial charge in [-0.1, -0.05) is 37.6 Å². The number of aryl methyl sites for hydroxylation is 1. The number of hydrogen-bond donors (Lipinski definition) is 1. The van der Waals surface area contributed by atoms with Crippen molar-refractivity contribution in [3.8, 4) is 5.75 Å². The summed E-state index contributed by atoms with van der Waals surface area (Å²) in [6.07, 6.45) is 0. The van der Waals surface area contributed by atoms with E-state index in [1.54, 1.807) is 18.2 Å². The quantitative estimate of drug-likeness (QED) is 0.731. The molecule has 0 atom stereocenters. The van der Waals surface area contributed by atoms with Crippen LogP contribution >= 0.6 is 11.6 Å². The minimum atomic E-state index is -0.621. The highest BCUT2D eigenvalue weighted by molar-refractivity contribution is 6.30. The summed E-state index contributed by atoms with van der Waals surface area (Å²) in [5.41, 5.74) is 2.65. The lowest BCUT2D eigenvalue weighted by atomic mass is 10.0. The van der Waals surface area contributed by atoms with Gasteiger partial charge in [0.1, 0.15) is 5.75 Å². The molecule has 1 N–H and O–H groups in total. The number of amides is 1. The number of carbonyl (C=O) groups excluding carboxylic acids is 2. The summed E-state index contributed by atoms with van der Waals surface area (Å²) in [7, 11) is 0. The molecule has 138 valence electrons. The van der Waals surface area contributed by atoms with Gasteiger partial charge in [-0.25, -0.2) is 4.79 Å². The average Bonchev–Trinajstić information content (AvgIpc) is 2.59. The molecule has 2 aromatic carbocycles. The molecule has 26 heavy (non-hydrogen) atoms. The molecule has 6 heteroatoms. The lowest BCUT2D eigenvalue weighted by Crippen LogP contribution is -2.23. The Morgan fingerprint density at radius 1 is 1.08 bits per heavy atom. The van der Waals surface area contributed by atoms with Gasteiger partial charge in [-0.15, -0.1) is 0 Å². The summed E-state index contributed by atoms with van der Waals surface area (Å²) in [6, 6.07) is 12.6. The Bertz CT molecular complexity index is 772. The van der Waals surface area contributed by atoms with Gasteiger partial charge in [0.25, 0.3) is 5.91 Å². The Kier molecular flexibility index (Phi) is 7.04. The van der Waals surface area contributed by atoms with Crippen molar-refractivity contribution in [3.05, 3.63) is 58.6 Å². The molecule has 0 aliphatic rings. The first-order valence-electron chi connectivity index (χ1n) is 8.29. The Balaban J connectivity index is 1.75. The van der Waals surface area contributed by atoms with Gasteiger partial charge >= 0.3 is 5.97 Å². The van der Waals surface area contributed by atoms with Crippen molar-refractivity contribution < 1.29 is 19.1 Å². The number of benzene rings is 2. The van der Waals surface area contributed by atoms with E-state index in [1.165, 1.54) is 5.56 Å². The van der Waals surface area contributed by atoms with Gasteiger partial charge < -0.3 is 14.8 Å². The fraction of sp³-hybridized carbons (Fsp3) is 0.300. The van der Waals surface area contributed by atoms with Gasteiger partial charge in [-0.2, -0.15) is 0 Å². The standard InChI is InChI=1S/C20H22ClNO4/c1-13(2)15-4-7-17(8-5-15)22-19(23)11-26-20(24)12-25-18-9-6-16(21)10-14(18)3/h4-10,13H,11-12H2,1-3H3,(H,22,23). The predicted octanol–water partition coefficient (Wildman–Crippen LogP) is 4.33. The van der Waals surface area contributed by atoms with Crippen molar-refractivity contribution in [1.82, 2.24) is 0 Å². The van der Waals surface area contributed by atoms with Crippen LogP contribution in [0.2, 0.25) is 5.02 Å². The van der Waals surface area contributed by atoms with E-state index in [1.807, 2.05) is 31.2 Å². The van der Waals surface area contributed by atoms with Crippen LogP contribution in [0.3, 0.4) is 0 Å². The van der Waals surface area contributed by atoms with E-state index in [0.29, 0.717) is 22.4 Å². The van der Waals surface area contributed by atoms with Gasteiger partial charge in [-0.05, 0) is 54.3 Å². The van der Waals surface area contributed by atoms with Crippen LogP contribution in [0, 0.1) is 6.92 Å². The minimum Gasteiger partial charge on any atom is -0.482 e. The third-order valence-corrected chi connectivity index (χ3v) is 3.94. The molecule has 0 saturated carbocycles. The Morgan fingerprint density at radius 2 is 1.77 bits per heavy atom. The van der Waals surface area contributed by atoms with E-state index in [4.69, 9.17) is 21.1 Å². The van der Waals surface area contributed by atoms with Crippen molar-refractivity contribution in [2.45, 2.75) is 26.7 Å². The molecular formula is C20H22ClNO4. The Hall–Kier alpha value is -2.53. The zero-order valence-corrected chi connectivity index (χ0v) is 15.8. The van der Waals surface area contributed by atoms with E-state index >= 15 is 0 Å². The van der Waals surface area contributed by atoms with E-state index in [9.17, 15) is 9.59 Å². The maximum Gasteiger partial charge on any atom is 0.344 e. The number of halogens is 1. The predicted molar refractivity (Wildman–Crippen MR) is 102 cm³/mol. The molecule has 5 nitrogen and oxygen atoms in total. The molecule has 0 radical (unpaired) electrons. The van der Waals surface area contributed by atoms with Crippen molar-refractivity contribution in [1.29, 1.82) is 0 Å². The lowest BCUT2D eigenvalue weighted by Gasteiger charge is -2.10. The van der Waals surface area contributed by atoms with E-state index in [2.05, 4.69) is 19.2 Å². The smallest absolute Gasteiger partial charge is 0.344 e. The summed E-state index contributed by atoms with van der Waals surface area (Å²) in [5.74, 6) is -0.0611. The first-order chi connectivity index (χ1) is 12.3. The molecule has 0 bridgehead atoms. The second-order valence-corrected chi connectivity index (χ2v) is 6.62. The van der Waals surface area contributed by atoms with Crippen molar-refractivity contribution in [3.63, 3.8) is 0 Å². The van der Waals surface area contributed by atoms with Crippen LogP contribution in [0.1, 0.15) is 30.9 Å². The highest BCUT2D eigenvalue weighted by atomic mass is 35.5. The van der Waals surface area contributed by atoms with Crippen LogP contribution in [0.25, 0.3) is 0 Å². The second kappa shape index (κ2) is 9.25. The van der Waals surface area contributed by atoms with Gasteiger partial charge in [-0.3, -0.25) is 4.79 Å². The number of anilines is 1. The highest BCUT2D eigenvalue weighted by Gasteiger charge is 2.10. The molecule has 0 aromatic heterocycles. The van der Waals surface area contributed by atoms with Crippen molar-refractivity contribution >= 4 is 29.2 Å². The first kappa shape index (κ1) is 19.8. The van der Waals surface area contributed by atoms with Gasteiger partial charge in [0.15, 0.2) is 13.2 Å². The van der Waals surface area contributed by atoms with Crippen LogP contribution in [-0.4, -0.2) is 25.1 Å².